The summed E-state index contributed by atoms with van der Waals surface area (Å²) in [5.74, 6) is 3.13. The average molecular weight is 1020 g/mol. The summed E-state index contributed by atoms with van der Waals surface area (Å²) in [6, 6.07) is 94.1. The van der Waals surface area contributed by atoms with E-state index in [1.54, 1.807) is 0 Å². The van der Waals surface area contributed by atoms with E-state index in [0.717, 1.165) is 116 Å². The van der Waals surface area contributed by atoms with Crippen molar-refractivity contribution in [1.82, 2.24) is 34.5 Å². The Bertz CT molecular complexity index is 4480. The normalized spacial score (nSPS) is 11.5. The first-order valence-corrected chi connectivity index (χ1v) is 26.7. The van der Waals surface area contributed by atoms with E-state index in [2.05, 4.69) is 156 Å². The van der Waals surface area contributed by atoms with Crippen LogP contribution in [0.5, 0.6) is 0 Å². The molecule has 0 radical (unpaired) electrons. The molecule has 374 valence electrons. The molecular formula is C72H45N7O. The fourth-order valence-corrected chi connectivity index (χ4v) is 11.2. The summed E-state index contributed by atoms with van der Waals surface area (Å²) in [5, 5.41) is 4.24. The minimum absolute atomic E-state index is 0.481. The molecule has 0 saturated heterocycles. The van der Waals surface area contributed by atoms with Gasteiger partial charge in [0.05, 0.1) is 16.7 Å². The van der Waals surface area contributed by atoms with E-state index < -0.39 is 0 Å². The molecule has 0 N–H and O–H groups in total. The first kappa shape index (κ1) is 46.4. The molecule has 80 heavy (non-hydrogen) atoms. The molecule has 0 fully saturated rings. The first-order chi connectivity index (χ1) is 39.7. The summed E-state index contributed by atoms with van der Waals surface area (Å²) < 4.78 is 9.32. The lowest BCUT2D eigenvalue weighted by molar-refractivity contribution is 0.669. The van der Waals surface area contributed by atoms with Crippen LogP contribution in [-0.4, -0.2) is 34.5 Å². The van der Waals surface area contributed by atoms with Gasteiger partial charge in [0.25, 0.3) is 0 Å². The van der Waals surface area contributed by atoms with Crippen LogP contribution in [0.2, 0.25) is 0 Å². The number of hydrogen-bond acceptors (Lipinski definition) is 7. The zero-order valence-electron chi connectivity index (χ0n) is 43.0. The zero-order chi connectivity index (χ0) is 52.9. The second-order valence-corrected chi connectivity index (χ2v) is 19.8. The number of furan rings is 1. The van der Waals surface area contributed by atoms with E-state index in [1.165, 1.54) is 0 Å². The number of rotatable bonds is 10. The third kappa shape index (κ3) is 8.18. The summed E-state index contributed by atoms with van der Waals surface area (Å²) in [6.07, 6.45) is 0. The van der Waals surface area contributed by atoms with Crippen LogP contribution in [0, 0.1) is 0 Å². The van der Waals surface area contributed by atoms with Crippen LogP contribution in [0.3, 0.4) is 0 Å². The van der Waals surface area contributed by atoms with Crippen LogP contribution in [-0.2, 0) is 0 Å². The highest BCUT2D eigenvalue weighted by atomic mass is 16.3. The highest BCUT2D eigenvalue weighted by Crippen LogP contribution is 2.50. The van der Waals surface area contributed by atoms with Crippen molar-refractivity contribution in [3.05, 3.63) is 273 Å². The molecule has 0 bridgehead atoms. The highest BCUT2D eigenvalue weighted by Gasteiger charge is 2.30. The molecule has 0 atom stereocenters. The predicted molar refractivity (Wildman–Crippen MR) is 324 cm³/mol. The molecule has 15 aromatic rings. The van der Waals surface area contributed by atoms with E-state index in [4.69, 9.17) is 34.3 Å². The lowest BCUT2D eigenvalue weighted by Gasteiger charge is -2.25. The first-order valence-electron chi connectivity index (χ1n) is 26.7. The van der Waals surface area contributed by atoms with Crippen molar-refractivity contribution >= 4 is 43.7 Å². The molecule has 0 unspecified atom stereocenters. The van der Waals surface area contributed by atoms with Crippen molar-refractivity contribution < 1.29 is 4.42 Å². The second kappa shape index (κ2) is 19.6. The van der Waals surface area contributed by atoms with Crippen LogP contribution < -0.4 is 0 Å². The van der Waals surface area contributed by atoms with Crippen LogP contribution >= 0.6 is 0 Å². The summed E-state index contributed by atoms with van der Waals surface area (Å²) in [6.45, 7) is 0. The van der Waals surface area contributed by atoms with Crippen molar-refractivity contribution in [2.24, 2.45) is 0 Å². The van der Waals surface area contributed by atoms with E-state index in [9.17, 15) is 0 Å². The predicted octanol–water partition coefficient (Wildman–Crippen LogP) is 18.1. The van der Waals surface area contributed by atoms with Gasteiger partial charge in [-0.25, -0.2) is 29.9 Å². The van der Waals surface area contributed by atoms with Crippen molar-refractivity contribution in [1.29, 1.82) is 0 Å². The minimum atomic E-state index is 0.481. The van der Waals surface area contributed by atoms with Gasteiger partial charge in [-0.05, 0) is 52.6 Å². The van der Waals surface area contributed by atoms with Gasteiger partial charge in [-0.1, -0.05) is 237 Å². The van der Waals surface area contributed by atoms with Gasteiger partial charge in [0.1, 0.15) is 11.2 Å². The second-order valence-electron chi connectivity index (χ2n) is 19.8. The summed E-state index contributed by atoms with van der Waals surface area (Å²) in [7, 11) is 0. The quantitative estimate of drug-likeness (QED) is 0.135. The van der Waals surface area contributed by atoms with E-state index in [1.807, 2.05) is 121 Å². The third-order valence-electron chi connectivity index (χ3n) is 14.9. The van der Waals surface area contributed by atoms with E-state index >= 15 is 0 Å². The van der Waals surface area contributed by atoms with E-state index in [-0.39, 0.29) is 0 Å². The number of hydrogen-bond donors (Lipinski definition) is 0. The Balaban J connectivity index is 1.13. The molecule has 4 heterocycles. The molecule has 15 rings (SSSR count). The number of fused-ring (bicyclic) bond motifs is 6. The number of benzene rings is 11. The molecule has 0 saturated carbocycles. The molecule has 4 aromatic heterocycles. The molecule has 0 aliphatic heterocycles. The maximum atomic E-state index is 6.91. The molecule has 0 aliphatic carbocycles. The van der Waals surface area contributed by atoms with Crippen molar-refractivity contribution in [3.8, 4) is 107 Å². The minimum Gasteiger partial charge on any atom is -0.456 e. The Morgan fingerprint density at radius 3 is 1.06 bits per heavy atom. The molecule has 8 nitrogen and oxygen atoms in total. The van der Waals surface area contributed by atoms with Gasteiger partial charge < -0.3 is 8.98 Å². The highest BCUT2D eigenvalue weighted by molar-refractivity contribution is 6.19. The monoisotopic (exact) mass is 1020 g/mol. The lowest BCUT2D eigenvalue weighted by Crippen LogP contribution is -2.08. The van der Waals surface area contributed by atoms with Gasteiger partial charge in [0, 0.05) is 72.1 Å². The number of nitrogens with zero attached hydrogens (tertiary/aromatic N) is 7. The van der Waals surface area contributed by atoms with Gasteiger partial charge in [0.15, 0.2) is 34.9 Å². The molecule has 8 heteroatoms. The van der Waals surface area contributed by atoms with Gasteiger partial charge in [-0.3, -0.25) is 0 Å². The number of aromatic nitrogens is 7. The largest absolute Gasteiger partial charge is 0.456 e. The van der Waals surface area contributed by atoms with E-state index in [0.29, 0.717) is 34.9 Å². The van der Waals surface area contributed by atoms with Crippen molar-refractivity contribution in [2.45, 2.75) is 0 Å². The SMILES string of the molecule is c1ccc(-c2ccc3oc4cc5c(cc4c3c2)c2ccccc2n5-c2c(-c3ccccc3)c(-c3nc(-c4ccccc4)nc(-c4ccccc4)n3)cc(-c3nc(-c4ccccc4)nc(-c4ccccc4)n3)c2-c2ccccc2)cc1. The fraction of sp³-hybridized carbons (Fsp3) is 0. The molecule has 0 amide bonds. The Labute approximate surface area is 460 Å². The summed E-state index contributed by atoms with van der Waals surface area (Å²) in [4.78, 5) is 32.4. The maximum absolute atomic E-state index is 6.91. The third-order valence-corrected chi connectivity index (χ3v) is 14.9. The topological polar surface area (TPSA) is 95.4 Å². The summed E-state index contributed by atoms with van der Waals surface area (Å²) >= 11 is 0. The summed E-state index contributed by atoms with van der Waals surface area (Å²) in [5.41, 5.74) is 15.4. The Morgan fingerprint density at radius 2 is 0.613 bits per heavy atom. The van der Waals surface area contributed by atoms with Crippen molar-refractivity contribution in [3.63, 3.8) is 0 Å². The van der Waals surface area contributed by atoms with Crippen LogP contribution in [0.1, 0.15) is 0 Å². The van der Waals surface area contributed by atoms with Gasteiger partial charge in [0.2, 0.25) is 0 Å². The van der Waals surface area contributed by atoms with Gasteiger partial charge in [-0.15, -0.1) is 0 Å². The standard InChI is InChI=1S/C72H45N7O/c1-8-24-46(25-9-1)53-40-41-62-56(42-53)57-43-55-54-38-22-23-39-60(54)79(61(55)45-63(57)80-62)66-64(47-26-10-2-11-27-47)58(71-75-67(49-30-14-4-15-31-49)73-68(76-71)50-32-16-5-17-33-50)44-59(65(66)48-28-12-3-13-29-48)72-77-69(51-34-18-6-19-35-51)74-70(78-72)52-36-20-7-21-37-52/h1-45H. The Kier molecular flexibility index (Phi) is 11.3. The lowest BCUT2D eigenvalue weighted by atomic mass is 9.86. The molecule has 0 aliphatic rings. The van der Waals surface area contributed by atoms with Crippen LogP contribution in [0.4, 0.5) is 0 Å². The van der Waals surface area contributed by atoms with Crippen LogP contribution in [0.25, 0.3) is 151 Å². The fourth-order valence-electron chi connectivity index (χ4n) is 11.2. The van der Waals surface area contributed by atoms with Crippen LogP contribution in [0.15, 0.2) is 277 Å². The van der Waals surface area contributed by atoms with Gasteiger partial charge >= 0.3 is 0 Å². The van der Waals surface area contributed by atoms with Gasteiger partial charge in [-0.2, -0.15) is 0 Å². The molecule has 11 aromatic carbocycles. The molecular weight excluding hydrogens is 979 g/mol. The van der Waals surface area contributed by atoms with Crippen molar-refractivity contribution in [2.75, 3.05) is 0 Å². The number of para-hydroxylation sites is 1. The Morgan fingerprint density at radius 1 is 0.237 bits per heavy atom. The maximum Gasteiger partial charge on any atom is 0.164 e. The smallest absolute Gasteiger partial charge is 0.164 e. The average Bonchev–Trinajstić information content (AvgIpc) is 4.14. The molecule has 0 spiro atoms. The Hall–Kier alpha value is -11.0. The zero-order valence-corrected chi connectivity index (χ0v) is 43.0.